The van der Waals surface area contributed by atoms with E-state index in [0.717, 1.165) is 29.9 Å². The molecular weight excluding hydrogens is 304 g/mol. The lowest BCUT2D eigenvalue weighted by molar-refractivity contribution is -0.119. The number of nitrogens with one attached hydrogen (secondary N) is 1. The third kappa shape index (κ3) is 2.91. The highest BCUT2D eigenvalue weighted by Gasteiger charge is 2.26. The van der Waals surface area contributed by atoms with E-state index in [0.29, 0.717) is 31.1 Å². The zero-order valence-corrected chi connectivity index (χ0v) is 13.7. The molecule has 2 amide bonds. The van der Waals surface area contributed by atoms with Gasteiger partial charge < -0.3 is 5.32 Å². The first-order valence-electron chi connectivity index (χ1n) is 8.35. The summed E-state index contributed by atoms with van der Waals surface area (Å²) in [5.41, 5.74) is 2.58. The number of amides is 2. The number of hydrogen-bond acceptors (Lipinski definition) is 3. The second-order valence-electron chi connectivity index (χ2n) is 6.54. The fraction of sp³-hybridized carbons (Fsp3) is 0.389. The van der Waals surface area contributed by atoms with Gasteiger partial charge in [0.1, 0.15) is 5.82 Å². The molecule has 2 aliphatic rings. The van der Waals surface area contributed by atoms with Crippen molar-refractivity contribution < 1.29 is 9.59 Å². The topological polar surface area (TPSA) is 67.2 Å². The van der Waals surface area contributed by atoms with Gasteiger partial charge in [-0.1, -0.05) is 12.1 Å². The van der Waals surface area contributed by atoms with Gasteiger partial charge in [-0.05, 0) is 37.5 Å². The molecule has 0 unspecified atom stereocenters. The number of fused-ring (bicyclic) bond motifs is 1. The summed E-state index contributed by atoms with van der Waals surface area (Å²) >= 11 is 0. The zero-order chi connectivity index (χ0) is 16.7. The van der Waals surface area contributed by atoms with Crippen molar-refractivity contribution in [1.29, 1.82) is 0 Å². The Labute approximate surface area is 140 Å². The summed E-state index contributed by atoms with van der Waals surface area (Å²) in [6.45, 7) is 3.06. The van der Waals surface area contributed by atoms with Crippen molar-refractivity contribution >= 4 is 17.6 Å². The Morgan fingerprint density at radius 3 is 2.75 bits per heavy atom. The fourth-order valence-electron chi connectivity index (χ4n) is 2.99. The quantitative estimate of drug-likeness (QED) is 0.935. The molecule has 6 nitrogen and oxygen atoms in total. The minimum atomic E-state index is -0.0215. The van der Waals surface area contributed by atoms with Crippen LogP contribution in [0.3, 0.4) is 0 Å². The lowest BCUT2D eigenvalue weighted by atomic mass is 10.1. The fourth-order valence-corrected chi connectivity index (χ4v) is 2.99. The Kier molecular flexibility index (Phi) is 3.59. The highest BCUT2D eigenvalue weighted by molar-refractivity contribution is 5.95. The number of benzene rings is 1. The molecule has 124 valence electrons. The van der Waals surface area contributed by atoms with Gasteiger partial charge in [-0.15, -0.1) is 0 Å². The van der Waals surface area contributed by atoms with Gasteiger partial charge in [-0.3, -0.25) is 14.5 Å². The SMILES string of the molecule is Cc1cc2n(n1)CCC(=O)N2Cc1ccc(C(=O)NC2CC2)cc1. The van der Waals surface area contributed by atoms with Crippen molar-refractivity contribution in [1.82, 2.24) is 15.1 Å². The van der Waals surface area contributed by atoms with E-state index in [-0.39, 0.29) is 11.8 Å². The van der Waals surface area contributed by atoms with Crippen LogP contribution in [-0.4, -0.2) is 27.6 Å². The molecule has 0 bridgehead atoms. The van der Waals surface area contributed by atoms with E-state index in [9.17, 15) is 9.59 Å². The number of anilines is 1. The van der Waals surface area contributed by atoms with Crippen LogP contribution in [0.1, 0.15) is 40.9 Å². The summed E-state index contributed by atoms with van der Waals surface area (Å²) in [7, 11) is 0. The number of nitrogens with zero attached hydrogens (tertiary/aromatic N) is 3. The second-order valence-corrected chi connectivity index (χ2v) is 6.54. The molecule has 0 radical (unpaired) electrons. The molecule has 2 heterocycles. The van der Waals surface area contributed by atoms with Crippen molar-refractivity contribution in [2.24, 2.45) is 0 Å². The first-order valence-corrected chi connectivity index (χ1v) is 8.35. The molecule has 1 fully saturated rings. The van der Waals surface area contributed by atoms with Crippen molar-refractivity contribution in [3.05, 3.63) is 47.2 Å². The molecule has 1 aromatic heterocycles. The maximum atomic E-state index is 12.3. The van der Waals surface area contributed by atoms with Crippen molar-refractivity contribution in [2.45, 2.75) is 45.3 Å². The molecule has 0 spiro atoms. The normalized spacial score (nSPS) is 16.9. The molecule has 0 saturated heterocycles. The van der Waals surface area contributed by atoms with Gasteiger partial charge in [0.25, 0.3) is 5.91 Å². The van der Waals surface area contributed by atoms with E-state index in [1.807, 2.05) is 41.9 Å². The first-order chi connectivity index (χ1) is 11.6. The zero-order valence-electron chi connectivity index (χ0n) is 13.7. The monoisotopic (exact) mass is 324 g/mol. The lowest BCUT2D eigenvalue weighted by Crippen LogP contribution is -2.36. The second kappa shape index (κ2) is 5.78. The molecule has 0 atom stereocenters. The maximum absolute atomic E-state index is 12.3. The molecular formula is C18H20N4O2. The molecule has 4 rings (SSSR count). The Bertz CT molecular complexity index is 790. The van der Waals surface area contributed by atoms with Gasteiger partial charge in [-0.2, -0.15) is 5.10 Å². The molecule has 6 heteroatoms. The number of rotatable bonds is 4. The third-order valence-corrected chi connectivity index (χ3v) is 4.47. The number of aryl methyl sites for hydroxylation is 2. The smallest absolute Gasteiger partial charge is 0.251 e. The van der Waals surface area contributed by atoms with Crippen LogP contribution in [0.15, 0.2) is 30.3 Å². The minimum Gasteiger partial charge on any atom is -0.349 e. The highest BCUT2D eigenvalue weighted by Crippen LogP contribution is 2.25. The molecule has 2 aromatic rings. The van der Waals surface area contributed by atoms with E-state index in [4.69, 9.17) is 0 Å². The number of hydrogen-bond donors (Lipinski definition) is 1. The average Bonchev–Trinajstić information content (AvgIpc) is 3.30. The molecule has 24 heavy (non-hydrogen) atoms. The summed E-state index contributed by atoms with van der Waals surface area (Å²) in [5, 5.41) is 7.40. The predicted molar refractivity (Wildman–Crippen MR) is 89.7 cm³/mol. The van der Waals surface area contributed by atoms with E-state index in [2.05, 4.69) is 10.4 Å². The van der Waals surface area contributed by atoms with Crippen LogP contribution < -0.4 is 10.2 Å². The highest BCUT2D eigenvalue weighted by atomic mass is 16.2. The summed E-state index contributed by atoms with van der Waals surface area (Å²) in [6, 6.07) is 9.77. The van der Waals surface area contributed by atoms with Gasteiger partial charge in [0, 0.05) is 24.1 Å². The minimum absolute atomic E-state index is 0.0215. The standard InChI is InChI=1S/C18H20N4O2/c1-12-10-16-21(17(23)8-9-22(16)20-12)11-13-2-4-14(5-3-13)18(24)19-15-6-7-15/h2-5,10,15H,6-9,11H2,1H3,(H,19,24). The summed E-state index contributed by atoms with van der Waals surface area (Å²) in [4.78, 5) is 26.1. The van der Waals surface area contributed by atoms with Crippen LogP contribution in [0, 0.1) is 6.92 Å². The average molecular weight is 324 g/mol. The summed E-state index contributed by atoms with van der Waals surface area (Å²) < 4.78 is 1.88. The maximum Gasteiger partial charge on any atom is 0.251 e. The van der Waals surface area contributed by atoms with Crippen LogP contribution >= 0.6 is 0 Å². The van der Waals surface area contributed by atoms with Crippen LogP contribution in [0.4, 0.5) is 5.82 Å². The van der Waals surface area contributed by atoms with E-state index in [1.54, 1.807) is 4.90 Å². The van der Waals surface area contributed by atoms with E-state index >= 15 is 0 Å². The third-order valence-electron chi connectivity index (χ3n) is 4.47. The Balaban J connectivity index is 1.50. The van der Waals surface area contributed by atoms with Crippen LogP contribution in [-0.2, 0) is 17.9 Å². The molecule has 1 aliphatic heterocycles. The van der Waals surface area contributed by atoms with Gasteiger partial charge in [0.05, 0.1) is 18.8 Å². The Morgan fingerprint density at radius 2 is 2.04 bits per heavy atom. The molecule has 1 aromatic carbocycles. The van der Waals surface area contributed by atoms with Crippen molar-refractivity contribution in [3.8, 4) is 0 Å². The number of carbonyl (C=O) groups excluding carboxylic acids is 2. The van der Waals surface area contributed by atoms with Crippen LogP contribution in [0.25, 0.3) is 0 Å². The van der Waals surface area contributed by atoms with Gasteiger partial charge in [-0.25, -0.2) is 4.68 Å². The molecule has 1 aliphatic carbocycles. The molecule has 1 saturated carbocycles. The number of carbonyl (C=O) groups is 2. The number of aromatic nitrogens is 2. The van der Waals surface area contributed by atoms with Crippen LogP contribution in [0.2, 0.25) is 0 Å². The Hall–Kier alpha value is -2.63. The summed E-state index contributed by atoms with van der Waals surface area (Å²) in [5.74, 6) is 0.934. The van der Waals surface area contributed by atoms with Crippen molar-refractivity contribution in [3.63, 3.8) is 0 Å². The van der Waals surface area contributed by atoms with Gasteiger partial charge >= 0.3 is 0 Å². The lowest BCUT2D eigenvalue weighted by Gasteiger charge is -2.27. The van der Waals surface area contributed by atoms with Crippen molar-refractivity contribution in [2.75, 3.05) is 4.90 Å². The molecule has 1 N–H and O–H groups in total. The van der Waals surface area contributed by atoms with Gasteiger partial charge in [0.15, 0.2) is 0 Å². The largest absolute Gasteiger partial charge is 0.349 e. The van der Waals surface area contributed by atoms with E-state index < -0.39 is 0 Å². The summed E-state index contributed by atoms with van der Waals surface area (Å²) in [6.07, 6.45) is 2.62. The first kappa shape index (κ1) is 14.9. The van der Waals surface area contributed by atoms with Gasteiger partial charge in [0.2, 0.25) is 5.91 Å². The Morgan fingerprint density at radius 1 is 1.29 bits per heavy atom. The van der Waals surface area contributed by atoms with Crippen LogP contribution in [0.5, 0.6) is 0 Å². The van der Waals surface area contributed by atoms with E-state index in [1.165, 1.54) is 0 Å². The predicted octanol–water partition coefficient (Wildman–Crippen LogP) is 2.02.